The molecule has 1 saturated heterocycles. The molecule has 0 radical (unpaired) electrons. The topological polar surface area (TPSA) is 36.4 Å². The van der Waals surface area contributed by atoms with Gasteiger partial charge in [-0.2, -0.15) is 13.2 Å². The zero-order valence-electron chi connectivity index (χ0n) is 13.6. The second kappa shape index (κ2) is 6.22. The van der Waals surface area contributed by atoms with Crippen LogP contribution in [0, 0.1) is 11.7 Å². The number of hydrogen-bond donors (Lipinski definition) is 0. The van der Waals surface area contributed by atoms with Crippen molar-refractivity contribution in [2.75, 3.05) is 24.5 Å². The SMILES string of the molecule is O=C(C1CN(c2ncc(C(F)(F)F)cc2F)C1)N1CCc2sccc2C1. The lowest BCUT2D eigenvalue weighted by molar-refractivity contribution is -0.138. The van der Waals surface area contributed by atoms with Gasteiger partial charge in [0.2, 0.25) is 5.91 Å². The number of rotatable bonds is 2. The molecule has 0 aliphatic carbocycles. The van der Waals surface area contributed by atoms with Crippen LogP contribution in [0.1, 0.15) is 16.0 Å². The average molecular weight is 385 g/mol. The Morgan fingerprint density at radius 2 is 2.08 bits per heavy atom. The minimum absolute atomic E-state index is 0.00502. The standard InChI is InChI=1S/C17H15F4N3OS/c18-13-5-12(17(19,20)21)6-22-15(13)24-8-11(9-24)16(25)23-3-1-14-10(7-23)2-4-26-14/h2,4-6,11H,1,3,7-9H2. The van der Waals surface area contributed by atoms with Crippen molar-refractivity contribution in [3.63, 3.8) is 0 Å². The number of aromatic nitrogens is 1. The van der Waals surface area contributed by atoms with Crippen molar-refractivity contribution in [2.24, 2.45) is 5.92 Å². The summed E-state index contributed by atoms with van der Waals surface area (Å²) in [6.45, 7) is 1.78. The summed E-state index contributed by atoms with van der Waals surface area (Å²) in [5.41, 5.74) is 0.0491. The number of anilines is 1. The van der Waals surface area contributed by atoms with E-state index in [-0.39, 0.29) is 30.7 Å². The Bertz CT molecular complexity index is 845. The smallest absolute Gasteiger partial charge is 0.352 e. The molecule has 0 N–H and O–H groups in total. The maximum atomic E-state index is 14.0. The highest BCUT2D eigenvalue weighted by Gasteiger charge is 2.39. The molecule has 2 aliphatic rings. The molecule has 0 unspecified atom stereocenters. The van der Waals surface area contributed by atoms with Crippen molar-refractivity contribution in [3.05, 3.63) is 45.5 Å². The van der Waals surface area contributed by atoms with E-state index in [1.165, 1.54) is 15.3 Å². The summed E-state index contributed by atoms with van der Waals surface area (Å²) in [5, 5.41) is 2.02. The molecule has 0 spiro atoms. The minimum Gasteiger partial charge on any atom is -0.352 e. The molecule has 2 aliphatic heterocycles. The first kappa shape index (κ1) is 17.3. The van der Waals surface area contributed by atoms with Crippen molar-refractivity contribution in [1.82, 2.24) is 9.88 Å². The Balaban J connectivity index is 1.39. The molecular formula is C17H15F4N3OS. The molecule has 1 fully saturated rings. The highest BCUT2D eigenvalue weighted by atomic mass is 32.1. The van der Waals surface area contributed by atoms with E-state index in [1.807, 2.05) is 11.4 Å². The maximum absolute atomic E-state index is 14.0. The Kier molecular flexibility index (Phi) is 4.13. The molecule has 0 aromatic carbocycles. The van der Waals surface area contributed by atoms with Gasteiger partial charge >= 0.3 is 6.18 Å². The van der Waals surface area contributed by atoms with Crippen molar-refractivity contribution >= 4 is 23.1 Å². The number of fused-ring (bicyclic) bond motifs is 1. The van der Waals surface area contributed by atoms with E-state index in [9.17, 15) is 22.4 Å². The van der Waals surface area contributed by atoms with Crippen LogP contribution in [0.5, 0.6) is 0 Å². The van der Waals surface area contributed by atoms with Crippen molar-refractivity contribution < 1.29 is 22.4 Å². The van der Waals surface area contributed by atoms with Gasteiger partial charge in [0, 0.05) is 37.3 Å². The van der Waals surface area contributed by atoms with E-state index in [0.717, 1.165) is 6.42 Å². The van der Waals surface area contributed by atoms with Gasteiger partial charge in [-0.1, -0.05) is 0 Å². The maximum Gasteiger partial charge on any atom is 0.417 e. The predicted octanol–water partition coefficient (Wildman–Crippen LogP) is 3.32. The highest BCUT2D eigenvalue weighted by Crippen LogP contribution is 2.33. The van der Waals surface area contributed by atoms with Crippen LogP contribution in [-0.4, -0.2) is 35.4 Å². The van der Waals surface area contributed by atoms with Crippen LogP contribution in [0.3, 0.4) is 0 Å². The first-order chi connectivity index (χ1) is 12.3. The van der Waals surface area contributed by atoms with Crippen LogP contribution in [0.4, 0.5) is 23.4 Å². The van der Waals surface area contributed by atoms with Crippen LogP contribution >= 0.6 is 11.3 Å². The van der Waals surface area contributed by atoms with E-state index >= 15 is 0 Å². The van der Waals surface area contributed by atoms with E-state index in [0.29, 0.717) is 25.4 Å². The van der Waals surface area contributed by atoms with Crippen molar-refractivity contribution in [3.8, 4) is 0 Å². The first-order valence-electron chi connectivity index (χ1n) is 8.14. The molecule has 0 bridgehead atoms. The van der Waals surface area contributed by atoms with Crippen molar-refractivity contribution in [1.29, 1.82) is 0 Å². The van der Waals surface area contributed by atoms with Crippen molar-refractivity contribution in [2.45, 2.75) is 19.1 Å². The fourth-order valence-corrected chi connectivity index (χ4v) is 4.21. The third kappa shape index (κ3) is 3.04. The summed E-state index contributed by atoms with van der Waals surface area (Å²) in [6.07, 6.45) is -3.17. The lowest BCUT2D eigenvalue weighted by Crippen LogP contribution is -2.55. The van der Waals surface area contributed by atoms with Gasteiger partial charge < -0.3 is 9.80 Å². The van der Waals surface area contributed by atoms with Gasteiger partial charge in [0.05, 0.1) is 11.5 Å². The van der Waals surface area contributed by atoms with Crippen LogP contribution in [-0.2, 0) is 23.9 Å². The molecule has 2 aromatic heterocycles. The summed E-state index contributed by atoms with van der Waals surface area (Å²) < 4.78 is 51.7. The monoisotopic (exact) mass is 385 g/mol. The van der Waals surface area contributed by atoms with Gasteiger partial charge in [0.1, 0.15) is 0 Å². The zero-order chi connectivity index (χ0) is 18.5. The van der Waals surface area contributed by atoms with Gasteiger partial charge in [-0.25, -0.2) is 9.37 Å². The predicted molar refractivity (Wildman–Crippen MR) is 88.3 cm³/mol. The van der Waals surface area contributed by atoms with Crippen LogP contribution in [0.25, 0.3) is 0 Å². The van der Waals surface area contributed by atoms with Gasteiger partial charge in [-0.05, 0) is 29.5 Å². The van der Waals surface area contributed by atoms with Gasteiger partial charge in [-0.3, -0.25) is 4.79 Å². The minimum atomic E-state index is -4.63. The number of pyridine rings is 1. The Labute approximate surface area is 151 Å². The number of carbonyl (C=O) groups excluding carboxylic acids is 1. The van der Waals surface area contributed by atoms with E-state index < -0.39 is 17.6 Å². The molecule has 138 valence electrons. The fraction of sp³-hybridized carbons (Fsp3) is 0.412. The largest absolute Gasteiger partial charge is 0.417 e. The molecule has 0 saturated carbocycles. The number of amides is 1. The molecule has 1 amide bonds. The molecule has 9 heteroatoms. The number of alkyl halides is 3. The lowest BCUT2D eigenvalue weighted by atomic mass is 9.96. The number of thiophene rings is 1. The summed E-state index contributed by atoms with van der Waals surface area (Å²) in [6, 6.07) is 2.47. The zero-order valence-corrected chi connectivity index (χ0v) is 14.4. The number of nitrogens with zero attached hydrogens (tertiary/aromatic N) is 3. The first-order valence-corrected chi connectivity index (χ1v) is 9.02. The average Bonchev–Trinajstić information content (AvgIpc) is 3.01. The molecular weight excluding hydrogens is 370 g/mol. The lowest BCUT2D eigenvalue weighted by Gasteiger charge is -2.42. The quantitative estimate of drug-likeness (QED) is 0.745. The Morgan fingerprint density at radius 3 is 2.77 bits per heavy atom. The molecule has 4 rings (SSSR count). The van der Waals surface area contributed by atoms with Gasteiger partial charge in [0.15, 0.2) is 11.6 Å². The summed E-state index contributed by atoms with van der Waals surface area (Å²) in [4.78, 5) is 20.8. The second-order valence-electron chi connectivity index (χ2n) is 6.51. The van der Waals surface area contributed by atoms with E-state index in [1.54, 1.807) is 16.2 Å². The number of hydrogen-bond acceptors (Lipinski definition) is 4. The molecule has 2 aromatic rings. The van der Waals surface area contributed by atoms with Gasteiger partial charge in [0.25, 0.3) is 0 Å². The summed E-state index contributed by atoms with van der Waals surface area (Å²) in [5.74, 6) is -1.43. The molecule has 4 nitrogen and oxygen atoms in total. The van der Waals surface area contributed by atoms with Gasteiger partial charge in [-0.15, -0.1) is 11.3 Å². The summed E-state index contributed by atoms with van der Waals surface area (Å²) >= 11 is 1.69. The fourth-order valence-electron chi connectivity index (χ4n) is 3.32. The van der Waals surface area contributed by atoms with E-state index in [4.69, 9.17) is 0 Å². The Hall–Kier alpha value is -2.16. The third-order valence-electron chi connectivity index (χ3n) is 4.80. The highest BCUT2D eigenvalue weighted by molar-refractivity contribution is 7.10. The number of halogens is 4. The van der Waals surface area contributed by atoms with Crippen LogP contribution < -0.4 is 4.90 Å². The third-order valence-corrected chi connectivity index (χ3v) is 5.82. The molecule has 26 heavy (non-hydrogen) atoms. The normalized spacial score (nSPS) is 17.8. The van der Waals surface area contributed by atoms with E-state index in [2.05, 4.69) is 4.98 Å². The molecule has 0 atom stereocenters. The van der Waals surface area contributed by atoms with Crippen LogP contribution in [0.15, 0.2) is 23.7 Å². The number of carbonyl (C=O) groups is 1. The summed E-state index contributed by atoms with van der Waals surface area (Å²) in [7, 11) is 0. The Morgan fingerprint density at radius 1 is 1.31 bits per heavy atom. The second-order valence-corrected chi connectivity index (χ2v) is 7.51. The van der Waals surface area contributed by atoms with Crippen LogP contribution in [0.2, 0.25) is 0 Å². The molecule has 4 heterocycles.